The number of esters is 1. The van der Waals surface area contributed by atoms with Crippen LogP contribution in [0.5, 0.6) is 5.75 Å². The van der Waals surface area contributed by atoms with Gasteiger partial charge in [0.15, 0.2) is 0 Å². The highest BCUT2D eigenvalue weighted by atomic mass is 16.5. The summed E-state index contributed by atoms with van der Waals surface area (Å²) in [5.41, 5.74) is 0.464. The van der Waals surface area contributed by atoms with E-state index in [4.69, 9.17) is 9.47 Å². The molecule has 1 N–H and O–H groups in total. The topological polar surface area (TPSA) is 64.6 Å². The van der Waals surface area contributed by atoms with Gasteiger partial charge >= 0.3 is 5.97 Å². The summed E-state index contributed by atoms with van der Waals surface area (Å²) in [6, 6.07) is 7.00. The van der Waals surface area contributed by atoms with Crippen molar-refractivity contribution >= 4 is 11.9 Å². The van der Waals surface area contributed by atoms with E-state index in [0.717, 1.165) is 0 Å². The molecule has 0 aromatic heterocycles. The van der Waals surface area contributed by atoms with Crippen LogP contribution in [0.25, 0.3) is 0 Å². The minimum absolute atomic E-state index is 0.142. The molecule has 0 spiro atoms. The van der Waals surface area contributed by atoms with Gasteiger partial charge in [-0.15, -0.1) is 0 Å². The summed E-state index contributed by atoms with van der Waals surface area (Å²) in [6.45, 7) is 6.16. The Hall–Kier alpha value is -2.04. The second-order valence-corrected chi connectivity index (χ2v) is 4.47. The molecular weight excluding hydrogens is 258 g/mol. The first kappa shape index (κ1) is 16.0. The van der Waals surface area contributed by atoms with Gasteiger partial charge in [0, 0.05) is 6.54 Å². The lowest BCUT2D eigenvalue weighted by molar-refractivity contribution is -0.147. The zero-order chi connectivity index (χ0) is 15.0. The largest absolute Gasteiger partial charge is 0.493 e. The van der Waals surface area contributed by atoms with E-state index < -0.39 is 0 Å². The summed E-state index contributed by atoms with van der Waals surface area (Å²) < 4.78 is 10.4. The SMILES string of the molecule is CCOc1ccccc1C(=O)NCCC(=O)OC(C)C. The normalized spacial score (nSPS) is 10.2. The Morgan fingerprint density at radius 3 is 2.60 bits per heavy atom. The average Bonchev–Trinajstić information content (AvgIpc) is 2.38. The van der Waals surface area contributed by atoms with Crippen LogP contribution < -0.4 is 10.1 Å². The third-order valence-electron chi connectivity index (χ3n) is 2.41. The Bertz CT molecular complexity index is 457. The standard InChI is InChI=1S/C15H21NO4/c1-4-19-13-8-6-5-7-12(13)15(18)16-10-9-14(17)20-11(2)3/h5-8,11H,4,9-10H2,1-3H3,(H,16,18). The zero-order valence-electron chi connectivity index (χ0n) is 12.1. The van der Waals surface area contributed by atoms with Crippen LogP contribution >= 0.6 is 0 Å². The summed E-state index contributed by atoms with van der Waals surface area (Å²) in [7, 11) is 0. The van der Waals surface area contributed by atoms with Gasteiger partial charge in [-0.25, -0.2) is 0 Å². The first-order valence-electron chi connectivity index (χ1n) is 6.74. The molecule has 0 aliphatic heterocycles. The smallest absolute Gasteiger partial charge is 0.307 e. The lowest BCUT2D eigenvalue weighted by atomic mass is 10.2. The van der Waals surface area contributed by atoms with Crippen molar-refractivity contribution in [1.29, 1.82) is 0 Å². The van der Waals surface area contributed by atoms with E-state index in [1.165, 1.54) is 0 Å². The maximum atomic E-state index is 12.0. The highest BCUT2D eigenvalue weighted by Gasteiger charge is 2.12. The number of hydrogen-bond acceptors (Lipinski definition) is 4. The van der Waals surface area contributed by atoms with Gasteiger partial charge in [0.2, 0.25) is 0 Å². The van der Waals surface area contributed by atoms with Crippen molar-refractivity contribution < 1.29 is 19.1 Å². The number of carbonyl (C=O) groups is 2. The second-order valence-electron chi connectivity index (χ2n) is 4.47. The Labute approximate surface area is 119 Å². The van der Waals surface area contributed by atoms with Crippen LogP contribution in [-0.4, -0.2) is 31.1 Å². The van der Waals surface area contributed by atoms with Crippen molar-refractivity contribution in [3.8, 4) is 5.75 Å². The molecule has 1 rings (SSSR count). The van der Waals surface area contributed by atoms with Crippen molar-refractivity contribution in [3.05, 3.63) is 29.8 Å². The monoisotopic (exact) mass is 279 g/mol. The van der Waals surface area contributed by atoms with Gasteiger partial charge in [0.1, 0.15) is 5.75 Å². The number of ether oxygens (including phenoxy) is 2. The van der Waals surface area contributed by atoms with Crippen LogP contribution in [-0.2, 0) is 9.53 Å². The molecule has 0 aliphatic rings. The molecule has 0 fully saturated rings. The molecule has 5 nitrogen and oxygen atoms in total. The van der Waals surface area contributed by atoms with E-state index in [1.54, 1.807) is 32.0 Å². The zero-order valence-corrected chi connectivity index (χ0v) is 12.1. The molecule has 1 aromatic rings. The van der Waals surface area contributed by atoms with Crippen LogP contribution in [0.2, 0.25) is 0 Å². The van der Waals surface area contributed by atoms with Crippen molar-refractivity contribution in [2.45, 2.75) is 33.3 Å². The average molecular weight is 279 g/mol. The highest BCUT2D eigenvalue weighted by Crippen LogP contribution is 2.17. The number of hydrogen-bond donors (Lipinski definition) is 1. The lowest BCUT2D eigenvalue weighted by Crippen LogP contribution is -2.27. The first-order valence-corrected chi connectivity index (χ1v) is 6.74. The predicted octanol–water partition coefficient (Wildman–Crippen LogP) is 2.16. The molecule has 0 heterocycles. The van der Waals surface area contributed by atoms with Gasteiger partial charge < -0.3 is 14.8 Å². The van der Waals surface area contributed by atoms with Gasteiger partial charge in [-0.3, -0.25) is 9.59 Å². The predicted molar refractivity (Wildman–Crippen MR) is 75.8 cm³/mol. The molecule has 5 heteroatoms. The molecule has 0 unspecified atom stereocenters. The van der Waals surface area contributed by atoms with E-state index in [2.05, 4.69) is 5.32 Å². The Balaban J connectivity index is 2.49. The third kappa shape index (κ3) is 5.30. The molecule has 0 aliphatic carbocycles. The number of para-hydroxylation sites is 1. The maximum Gasteiger partial charge on any atom is 0.307 e. The third-order valence-corrected chi connectivity index (χ3v) is 2.41. The Kier molecular flexibility index (Phi) is 6.56. The quantitative estimate of drug-likeness (QED) is 0.777. The fourth-order valence-electron chi connectivity index (χ4n) is 1.63. The highest BCUT2D eigenvalue weighted by molar-refractivity contribution is 5.97. The van der Waals surface area contributed by atoms with Gasteiger partial charge in [0.25, 0.3) is 5.91 Å². The molecule has 0 atom stereocenters. The van der Waals surface area contributed by atoms with Crippen molar-refractivity contribution in [2.75, 3.05) is 13.2 Å². The van der Waals surface area contributed by atoms with Crippen molar-refractivity contribution in [2.24, 2.45) is 0 Å². The van der Waals surface area contributed by atoms with E-state index in [-0.39, 0.29) is 30.9 Å². The maximum absolute atomic E-state index is 12.0. The lowest BCUT2D eigenvalue weighted by Gasteiger charge is -2.11. The Morgan fingerprint density at radius 1 is 1.25 bits per heavy atom. The number of rotatable bonds is 7. The van der Waals surface area contributed by atoms with Crippen LogP contribution in [0.15, 0.2) is 24.3 Å². The molecule has 20 heavy (non-hydrogen) atoms. The van der Waals surface area contributed by atoms with Crippen LogP contribution in [0.3, 0.4) is 0 Å². The van der Waals surface area contributed by atoms with Gasteiger partial charge in [-0.1, -0.05) is 12.1 Å². The molecule has 0 radical (unpaired) electrons. The Morgan fingerprint density at radius 2 is 1.95 bits per heavy atom. The summed E-state index contributed by atoms with van der Waals surface area (Å²) >= 11 is 0. The molecule has 0 bridgehead atoms. The number of nitrogens with one attached hydrogen (secondary N) is 1. The number of benzene rings is 1. The van der Waals surface area contributed by atoms with E-state index >= 15 is 0 Å². The van der Waals surface area contributed by atoms with E-state index in [0.29, 0.717) is 17.9 Å². The van der Waals surface area contributed by atoms with Crippen LogP contribution in [0.4, 0.5) is 0 Å². The van der Waals surface area contributed by atoms with Crippen LogP contribution in [0.1, 0.15) is 37.6 Å². The minimum Gasteiger partial charge on any atom is -0.493 e. The minimum atomic E-state index is -0.321. The molecular formula is C15H21NO4. The van der Waals surface area contributed by atoms with Gasteiger partial charge in [0.05, 0.1) is 24.7 Å². The fourth-order valence-corrected chi connectivity index (χ4v) is 1.63. The van der Waals surface area contributed by atoms with Gasteiger partial charge in [-0.05, 0) is 32.9 Å². The first-order chi connectivity index (χ1) is 9.54. The second kappa shape index (κ2) is 8.19. The number of carbonyl (C=O) groups excluding carboxylic acids is 2. The summed E-state index contributed by atoms with van der Waals surface area (Å²) in [5.74, 6) is -0.0398. The fraction of sp³-hybridized carbons (Fsp3) is 0.467. The molecule has 0 saturated carbocycles. The molecule has 1 amide bonds. The summed E-state index contributed by atoms with van der Waals surface area (Å²) in [5, 5.41) is 2.68. The summed E-state index contributed by atoms with van der Waals surface area (Å²) in [4.78, 5) is 23.3. The van der Waals surface area contributed by atoms with Gasteiger partial charge in [-0.2, -0.15) is 0 Å². The van der Waals surface area contributed by atoms with Crippen molar-refractivity contribution in [1.82, 2.24) is 5.32 Å². The summed E-state index contributed by atoms with van der Waals surface area (Å²) in [6.07, 6.45) is 0.0117. The molecule has 110 valence electrons. The van der Waals surface area contributed by atoms with E-state index in [9.17, 15) is 9.59 Å². The molecule has 1 aromatic carbocycles. The molecule has 0 saturated heterocycles. The van der Waals surface area contributed by atoms with E-state index in [1.807, 2.05) is 13.0 Å². The number of amides is 1. The van der Waals surface area contributed by atoms with Crippen molar-refractivity contribution in [3.63, 3.8) is 0 Å². The van der Waals surface area contributed by atoms with Crippen LogP contribution in [0, 0.1) is 0 Å².